The standard InChI is InChI=1S/C13H19ClN2O2S.ClH/c1-9-3-6-11(14)7-12(9)19(17,18)16-13(2,8-15)10-4-5-10;/h3,6-7,10,16H,4-5,8,15H2,1-2H3;1H. The molecular formula is C13H20Cl2N2O2S. The van der Waals surface area contributed by atoms with Crippen LogP contribution < -0.4 is 10.5 Å². The van der Waals surface area contributed by atoms with E-state index in [1.54, 1.807) is 19.1 Å². The normalized spacial score (nSPS) is 18.2. The lowest BCUT2D eigenvalue weighted by Gasteiger charge is -2.29. The van der Waals surface area contributed by atoms with Gasteiger partial charge in [-0.3, -0.25) is 0 Å². The van der Waals surface area contributed by atoms with Crippen LogP contribution in [0.5, 0.6) is 0 Å². The van der Waals surface area contributed by atoms with Crippen molar-refractivity contribution in [3.05, 3.63) is 28.8 Å². The van der Waals surface area contributed by atoms with Gasteiger partial charge >= 0.3 is 0 Å². The van der Waals surface area contributed by atoms with Crippen LogP contribution in [-0.2, 0) is 10.0 Å². The highest BCUT2D eigenvalue weighted by Crippen LogP contribution is 2.40. The van der Waals surface area contributed by atoms with Crippen LogP contribution in [-0.4, -0.2) is 20.5 Å². The Balaban J connectivity index is 0.00000200. The first-order valence-corrected chi connectivity index (χ1v) is 8.15. The monoisotopic (exact) mass is 338 g/mol. The fraction of sp³-hybridized carbons (Fsp3) is 0.538. The summed E-state index contributed by atoms with van der Waals surface area (Å²) in [5.41, 5.74) is 5.85. The predicted octanol–water partition coefficient (Wildman–Crippen LogP) is 2.48. The third-order valence-corrected chi connectivity index (χ3v) is 5.70. The molecule has 0 spiro atoms. The molecule has 0 heterocycles. The van der Waals surface area contributed by atoms with Gasteiger partial charge in [-0.2, -0.15) is 0 Å². The summed E-state index contributed by atoms with van der Waals surface area (Å²) < 4.78 is 27.7. The van der Waals surface area contributed by atoms with E-state index in [2.05, 4.69) is 4.72 Å². The Morgan fingerprint density at radius 1 is 1.45 bits per heavy atom. The number of rotatable bonds is 5. The smallest absolute Gasteiger partial charge is 0.241 e. The van der Waals surface area contributed by atoms with Crippen LogP contribution in [0.3, 0.4) is 0 Å². The van der Waals surface area contributed by atoms with Crippen LogP contribution in [0.1, 0.15) is 25.3 Å². The molecule has 1 aliphatic rings. The zero-order valence-corrected chi connectivity index (χ0v) is 13.9. The van der Waals surface area contributed by atoms with Gasteiger partial charge in [-0.15, -0.1) is 12.4 Å². The Morgan fingerprint density at radius 3 is 2.55 bits per heavy atom. The Bertz CT molecular complexity index is 588. The van der Waals surface area contributed by atoms with E-state index in [-0.39, 0.29) is 23.8 Å². The molecule has 0 amide bonds. The van der Waals surface area contributed by atoms with Crippen molar-refractivity contribution in [2.75, 3.05) is 6.54 Å². The summed E-state index contributed by atoms with van der Waals surface area (Å²) >= 11 is 5.89. The van der Waals surface area contributed by atoms with Crippen molar-refractivity contribution >= 4 is 34.0 Å². The van der Waals surface area contributed by atoms with Crippen molar-refractivity contribution in [3.8, 4) is 0 Å². The maximum atomic E-state index is 12.5. The molecule has 0 saturated heterocycles. The molecule has 3 N–H and O–H groups in total. The maximum Gasteiger partial charge on any atom is 0.241 e. The van der Waals surface area contributed by atoms with Crippen molar-refractivity contribution in [1.82, 2.24) is 4.72 Å². The SMILES string of the molecule is Cc1ccc(Cl)cc1S(=O)(=O)NC(C)(CN)C1CC1.Cl. The fourth-order valence-corrected chi connectivity index (χ4v) is 4.22. The molecule has 1 aromatic carbocycles. The van der Waals surface area contributed by atoms with Crippen molar-refractivity contribution in [2.24, 2.45) is 11.7 Å². The van der Waals surface area contributed by atoms with Gasteiger partial charge in [-0.25, -0.2) is 13.1 Å². The Hall–Kier alpha value is -0.330. The second-order valence-corrected chi connectivity index (χ2v) is 7.50. The van der Waals surface area contributed by atoms with Gasteiger partial charge in [0.1, 0.15) is 0 Å². The van der Waals surface area contributed by atoms with E-state index in [9.17, 15) is 8.42 Å². The summed E-state index contributed by atoms with van der Waals surface area (Å²) in [6.07, 6.45) is 2.04. The molecular weight excluding hydrogens is 319 g/mol. The molecule has 20 heavy (non-hydrogen) atoms. The van der Waals surface area contributed by atoms with E-state index in [0.717, 1.165) is 12.8 Å². The topological polar surface area (TPSA) is 72.2 Å². The minimum absolute atomic E-state index is 0. The van der Waals surface area contributed by atoms with E-state index in [1.165, 1.54) is 6.07 Å². The van der Waals surface area contributed by atoms with Gasteiger partial charge in [0, 0.05) is 17.1 Å². The number of sulfonamides is 1. The Morgan fingerprint density at radius 2 is 2.05 bits per heavy atom. The van der Waals surface area contributed by atoms with Crippen LogP contribution in [0, 0.1) is 12.8 Å². The molecule has 0 radical (unpaired) electrons. The number of halogens is 2. The number of nitrogens with two attached hydrogens (primary N) is 1. The summed E-state index contributed by atoms with van der Waals surface area (Å²) in [6.45, 7) is 3.90. The third-order valence-electron chi connectivity index (χ3n) is 3.71. The molecule has 0 aliphatic heterocycles. The third kappa shape index (κ3) is 3.65. The van der Waals surface area contributed by atoms with E-state index in [4.69, 9.17) is 17.3 Å². The quantitative estimate of drug-likeness (QED) is 0.866. The molecule has 1 saturated carbocycles. The number of hydrogen-bond acceptors (Lipinski definition) is 3. The largest absolute Gasteiger partial charge is 0.329 e. The van der Waals surface area contributed by atoms with Crippen molar-refractivity contribution in [1.29, 1.82) is 0 Å². The molecule has 0 bridgehead atoms. The molecule has 1 atom stereocenters. The first-order valence-electron chi connectivity index (χ1n) is 6.29. The zero-order chi connectivity index (χ0) is 14.3. The van der Waals surface area contributed by atoms with Gasteiger partial charge in [0.2, 0.25) is 10.0 Å². The van der Waals surface area contributed by atoms with E-state index < -0.39 is 15.6 Å². The highest BCUT2D eigenvalue weighted by Gasteiger charge is 2.43. The minimum Gasteiger partial charge on any atom is -0.329 e. The Labute approximate surface area is 131 Å². The van der Waals surface area contributed by atoms with Crippen molar-refractivity contribution in [3.63, 3.8) is 0 Å². The van der Waals surface area contributed by atoms with Gasteiger partial charge in [0.05, 0.1) is 4.90 Å². The van der Waals surface area contributed by atoms with Crippen LogP contribution in [0.15, 0.2) is 23.1 Å². The fourth-order valence-electron chi connectivity index (χ4n) is 2.24. The second-order valence-electron chi connectivity index (χ2n) is 5.41. The predicted molar refractivity (Wildman–Crippen MR) is 83.9 cm³/mol. The molecule has 0 aromatic heterocycles. The van der Waals surface area contributed by atoms with E-state index in [0.29, 0.717) is 16.5 Å². The lowest BCUT2D eigenvalue weighted by molar-refractivity contribution is 0.374. The molecule has 1 aromatic rings. The van der Waals surface area contributed by atoms with Gasteiger partial charge in [-0.05, 0) is 50.3 Å². The summed E-state index contributed by atoms with van der Waals surface area (Å²) in [6, 6.07) is 4.86. The second kappa shape index (κ2) is 6.20. The lowest BCUT2D eigenvalue weighted by atomic mass is 9.98. The van der Waals surface area contributed by atoms with E-state index in [1.807, 2.05) is 6.92 Å². The molecule has 1 fully saturated rings. The van der Waals surface area contributed by atoms with Gasteiger partial charge in [-0.1, -0.05) is 17.7 Å². The van der Waals surface area contributed by atoms with Crippen LogP contribution in [0.2, 0.25) is 5.02 Å². The molecule has 4 nitrogen and oxygen atoms in total. The highest BCUT2D eigenvalue weighted by molar-refractivity contribution is 7.89. The van der Waals surface area contributed by atoms with E-state index >= 15 is 0 Å². The van der Waals surface area contributed by atoms with Gasteiger partial charge < -0.3 is 5.73 Å². The van der Waals surface area contributed by atoms with Gasteiger partial charge in [0.15, 0.2) is 0 Å². The Kier molecular flexibility index (Phi) is 5.49. The molecule has 2 rings (SSSR count). The minimum atomic E-state index is -3.60. The summed E-state index contributed by atoms with van der Waals surface area (Å²) in [7, 11) is -3.60. The molecule has 114 valence electrons. The highest BCUT2D eigenvalue weighted by atomic mass is 35.5. The summed E-state index contributed by atoms with van der Waals surface area (Å²) in [5.74, 6) is 0.326. The lowest BCUT2D eigenvalue weighted by Crippen LogP contribution is -2.53. The number of nitrogens with one attached hydrogen (secondary N) is 1. The van der Waals surface area contributed by atoms with Crippen molar-refractivity contribution < 1.29 is 8.42 Å². The van der Waals surface area contributed by atoms with Crippen molar-refractivity contribution in [2.45, 2.75) is 37.1 Å². The van der Waals surface area contributed by atoms with Crippen LogP contribution in [0.25, 0.3) is 0 Å². The average molecular weight is 339 g/mol. The van der Waals surface area contributed by atoms with Gasteiger partial charge in [0.25, 0.3) is 0 Å². The van der Waals surface area contributed by atoms with Crippen LogP contribution >= 0.6 is 24.0 Å². The first-order chi connectivity index (χ1) is 8.78. The molecule has 7 heteroatoms. The van der Waals surface area contributed by atoms with Crippen LogP contribution in [0.4, 0.5) is 0 Å². The zero-order valence-electron chi connectivity index (χ0n) is 11.5. The first kappa shape index (κ1) is 17.7. The summed E-state index contributed by atoms with van der Waals surface area (Å²) in [5, 5.41) is 0.409. The number of hydrogen-bond donors (Lipinski definition) is 2. The average Bonchev–Trinajstić information content (AvgIpc) is 3.15. The summed E-state index contributed by atoms with van der Waals surface area (Å²) in [4.78, 5) is 0.223. The number of benzene rings is 1. The maximum absolute atomic E-state index is 12.5. The molecule has 1 unspecified atom stereocenters. The molecule has 1 aliphatic carbocycles. The number of aryl methyl sites for hydroxylation is 1.